The van der Waals surface area contributed by atoms with Crippen molar-refractivity contribution in [1.82, 2.24) is 24.8 Å². The quantitative estimate of drug-likeness (QED) is 0.760. The highest BCUT2D eigenvalue weighted by atomic mass is 16.1. The first kappa shape index (κ1) is 16.5. The molecule has 134 valence electrons. The van der Waals surface area contributed by atoms with Crippen LogP contribution < -0.4 is 10.2 Å². The Bertz CT molecular complexity index is 878. The molecule has 1 N–H and O–H groups in total. The Balaban J connectivity index is 1.32. The number of anilines is 1. The summed E-state index contributed by atoms with van der Waals surface area (Å²) in [6.07, 6.45) is 7.18. The van der Waals surface area contributed by atoms with Gasteiger partial charge in [0.05, 0.1) is 23.3 Å². The summed E-state index contributed by atoms with van der Waals surface area (Å²) in [5.41, 5.74) is 2.07. The fourth-order valence-corrected chi connectivity index (χ4v) is 3.46. The highest BCUT2D eigenvalue weighted by Crippen LogP contribution is 2.20. The number of carbonyl (C=O) groups is 1. The van der Waals surface area contributed by atoms with Gasteiger partial charge in [-0.05, 0) is 31.0 Å². The smallest absolute Gasteiger partial charge is 0.225 e. The standard InChI is InChI=1S/C19H22N6O/c26-18(15-5-3-11-24(13-15)19-21-8-4-9-22-19)20-10-12-25-14-23-16-6-1-2-7-17(16)25/h1-2,4,6-9,14-15H,3,5,10-13H2,(H,20,26). The number of nitrogens with zero attached hydrogens (tertiary/aromatic N) is 5. The molecule has 4 rings (SSSR count). The minimum atomic E-state index is -0.0212. The van der Waals surface area contributed by atoms with Crippen molar-refractivity contribution in [2.45, 2.75) is 19.4 Å². The van der Waals surface area contributed by atoms with Gasteiger partial charge >= 0.3 is 0 Å². The normalized spacial score (nSPS) is 17.4. The lowest BCUT2D eigenvalue weighted by atomic mass is 9.97. The Morgan fingerprint density at radius 2 is 2.00 bits per heavy atom. The molecular weight excluding hydrogens is 328 g/mol. The van der Waals surface area contributed by atoms with Gasteiger partial charge in [-0.25, -0.2) is 15.0 Å². The second kappa shape index (κ2) is 7.51. The number of piperidine rings is 1. The Labute approximate surface area is 152 Å². The number of para-hydroxylation sites is 2. The predicted molar refractivity (Wildman–Crippen MR) is 99.7 cm³/mol. The maximum atomic E-state index is 12.6. The van der Waals surface area contributed by atoms with Gasteiger partial charge < -0.3 is 14.8 Å². The van der Waals surface area contributed by atoms with Crippen LogP contribution in [-0.2, 0) is 11.3 Å². The molecule has 3 heterocycles. The molecule has 1 saturated heterocycles. The van der Waals surface area contributed by atoms with Gasteiger partial charge in [0.15, 0.2) is 0 Å². The van der Waals surface area contributed by atoms with E-state index in [1.54, 1.807) is 18.5 Å². The molecule has 0 radical (unpaired) electrons. The molecule has 26 heavy (non-hydrogen) atoms. The monoisotopic (exact) mass is 350 g/mol. The average molecular weight is 350 g/mol. The van der Waals surface area contributed by atoms with Crippen LogP contribution in [-0.4, -0.2) is 45.1 Å². The summed E-state index contributed by atoms with van der Waals surface area (Å²) in [6, 6.07) is 9.82. The van der Waals surface area contributed by atoms with E-state index in [0.29, 0.717) is 25.6 Å². The fourth-order valence-electron chi connectivity index (χ4n) is 3.46. The zero-order chi connectivity index (χ0) is 17.8. The molecule has 7 heteroatoms. The first-order valence-electron chi connectivity index (χ1n) is 9.01. The van der Waals surface area contributed by atoms with E-state index in [1.165, 1.54) is 0 Å². The molecule has 1 atom stereocenters. The van der Waals surface area contributed by atoms with Crippen molar-refractivity contribution in [1.29, 1.82) is 0 Å². The van der Waals surface area contributed by atoms with Crippen molar-refractivity contribution < 1.29 is 4.79 Å². The lowest BCUT2D eigenvalue weighted by molar-refractivity contribution is -0.125. The zero-order valence-corrected chi connectivity index (χ0v) is 14.6. The number of imidazole rings is 1. The average Bonchev–Trinajstić information content (AvgIpc) is 3.12. The number of rotatable bonds is 5. The van der Waals surface area contributed by atoms with Crippen LogP contribution in [0.2, 0.25) is 0 Å². The van der Waals surface area contributed by atoms with Crippen molar-refractivity contribution in [2.75, 3.05) is 24.5 Å². The topological polar surface area (TPSA) is 75.9 Å². The number of hydrogen-bond acceptors (Lipinski definition) is 5. The summed E-state index contributed by atoms with van der Waals surface area (Å²) in [6.45, 7) is 2.88. The second-order valence-electron chi connectivity index (χ2n) is 6.55. The molecule has 7 nitrogen and oxygen atoms in total. The SMILES string of the molecule is O=C(NCCn1cnc2ccccc21)C1CCCN(c2ncccn2)C1. The summed E-state index contributed by atoms with van der Waals surface area (Å²) < 4.78 is 2.07. The largest absolute Gasteiger partial charge is 0.354 e. The van der Waals surface area contributed by atoms with E-state index in [1.807, 2.05) is 30.6 Å². The van der Waals surface area contributed by atoms with E-state index in [2.05, 4.69) is 29.7 Å². The van der Waals surface area contributed by atoms with E-state index < -0.39 is 0 Å². The Morgan fingerprint density at radius 3 is 2.88 bits per heavy atom. The van der Waals surface area contributed by atoms with Crippen LogP contribution in [0.1, 0.15) is 12.8 Å². The number of fused-ring (bicyclic) bond motifs is 1. The minimum Gasteiger partial charge on any atom is -0.354 e. The van der Waals surface area contributed by atoms with Gasteiger partial charge in [0, 0.05) is 38.6 Å². The highest BCUT2D eigenvalue weighted by Gasteiger charge is 2.26. The number of benzene rings is 1. The fraction of sp³-hybridized carbons (Fsp3) is 0.368. The molecule has 1 unspecified atom stereocenters. The molecule has 1 aliphatic rings. The van der Waals surface area contributed by atoms with E-state index in [9.17, 15) is 4.79 Å². The first-order valence-corrected chi connectivity index (χ1v) is 9.01. The summed E-state index contributed by atoms with van der Waals surface area (Å²) in [7, 11) is 0. The molecule has 1 amide bonds. The van der Waals surface area contributed by atoms with E-state index in [0.717, 1.165) is 30.4 Å². The summed E-state index contributed by atoms with van der Waals surface area (Å²) >= 11 is 0. The van der Waals surface area contributed by atoms with E-state index in [-0.39, 0.29) is 11.8 Å². The van der Waals surface area contributed by atoms with Gasteiger partial charge in [0.2, 0.25) is 11.9 Å². The molecule has 2 aromatic heterocycles. The molecular formula is C19H22N6O. The van der Waals surface area contributed by atoms with Gasteiger partial charge in [-0.15, -0.1) is 0 Å². The van der Waals surface area contributed by atoms with Gasteiger partial charge in [0.25, 0.3) is 0 Å². The van der Waals surface area contributed by atoms with E-state index >= 15 is 0 Å². The molecule has 0 aliphatic carbocycles. The highest BCUT2D eigenvalue weighted by molar-refractivity contribution is 5.79. The summed E-state index contributed by atoms with van der Waals surface area (Å²) in [4.78, 5) is 27.6. The number of nitrogens with one attached hydrogen (secondary N) is 1. The van der Waals surface area contributed by atoms with Crippen LogP contribution in [0, 0.1) is 5.92 Å². The second-order valence-corrected chi connectivity index (χ2v) is 6.55. The summed E-state index contributed by atoms with van der Waals surface area (Å²) in [5.74, 6) is 0.789. The van der Waals surface area contributed by atoms with Crippen LogP contribution in [0.3, 0.4) is 0 Å². The number of hydrogen-bond donors (Lipinski definition) is 1. The molecule has 0 saturated carbocycles. The zero-order valence-electron chi connectivity index (χ0n) is 14.6. The third kappa shape index (κ3) is 3.51. The molecule has 1 aromatic carbocycles. The van der Waals surface area contributed by atoms with Crippen LogP contribution in [0.15, 0.2) is 49.1 Å². The van der Waals surface area contributed by atoms with Gasteiger partial charge in [0.1, 0.15) is 0 Å². The van der Waals surface area contributed by atoms with E-state index in [4.69, 9.17) is 0 Å². The lowest BCUT2D eigenvalue weighted by Gasteiger charge is -2.31. The molecule has 1 fully saturated rings. The third-order valence-electron chi connectivity index (χ3n) is 4.81. The Hall–Kier alpha value is -2.96. The molecule has 0 spiro atoms. The number of carbonyl (C=O) groups excluding carboxylic acids is 1. The van der Waals surface area contributed by atoms with Gasteiger partial charge in [-0.1, -0.05) is 12.1 Å². The maximum Gasteiger partial charge on any atom is 0.225 e. The number of amides is 1. The number of aromatic nitrogens is 4. The minimum absolute atomic E-state index is 0.0212. The van der Waals surface area contributed by atoms with Gasteiger partial charge in [-0.2, -0.15) is 0 Å². The molecule has 0 bridgehead atoms. The van der Waals surface area contributed by atoms with Crippen molar-refractivity contribution in [3.05, 3.63) is 49.1 Å². The summed E-state index contributed by atoms with van der Waals surface area (Å²) in [5, 5.41) is 3.07. The van der Waals surface area contributed by atoms with Crippen molar-refractivity contribution >= 4 is 22.9 Å². The van der Waals surface area contributed by atoms with Crippen LogP contribution in [0.25, 0.3) is 11.0 Å². The molecule has 3 aromatic rings. The Kier molecular flexibility index (Phi) is 4.77. The predicted octanol–water partition coefficient (Wildman–Crippen LogP) is 1.86. The lowest BCUT2D eigenvalue weighted by Crippen LogP contribution is -2.44. The van der Waals surface area contributed by atoms with Crippen molar-refractivity contribution in [2.24, 2.45) is 5.92 Å². The Morgan fingerprint density at radius 1 is 1.15 bits per heavy atom. The molecule has 1 aliphatic heterocycles. The maximum absolute atomic E-state index is 12.6. The van der Waals surface area contributed by atoms with Crippen LogP contribution in [0.5, 0.6) is 0 Å². The van der Waals surface area contributed by atoms with Gasteiger partial charge in [-0.3, -0.25) is 4.79 Å². The van der Waals surface area contributed by atoms with Crippen molar-refractivity contribution in [3.8, 4) is 0 Å². The van der Waals surface area contributed by atoms with Crippen LogP contribution in [0.4, 0.5) is 5.95 Å². The first-order chi connectivity index (χ1) is 12.8. The van der Waals surface area contributed by atoms with Crippen molar-refractivity contribution in [3.63, 3.8) is 0 Å². The van der Waals surface area contributed by atoms with Crippen LogP contribution >= 0.6 is 0 Å². The third-order valence-corrected chi connectivity index (χ3v) is 4.81.